The molecule has 0 aliphatic heterocycles. The number of hydrogen-bond acceptors (Lipinski definition) is 6. The van der Waals surface area contributed by atoms with Crippen molar-refractivity contribution in [3.63, 3.8) is 0 Å². The average molecular weight is 816 g/mol. The van der Waals surface area contributed by atoms with Crippen LogP contribution in [0.1, 0.15) is 113 Å². The maximum Gasteiger partial charge on any atom is 0.416 e. The number of aliphatic hydroxyl groups excluding tert-OH is 2. The van der Waals surface area contributed by atoms with Crippen LogP contribution in [0.15, 0.2) is 78.4 Å². The topological polar surface area (TPSA) is 90.2 Å². The number of allylic oxidation sites excluding steroid dienone is 4. The lowest BCUT2D eigenvalue weighted by Gasteiger charge is -2.71. The van der Waals surface area contributed by atoms with Crippen molar-refractivity contribution in [1.29, 1.82) is 0 Å². The molecule has 0 amide bonds. The van der Waals surface area contributed by atoms with Gasteiger partial charge in [0.25, 0.3) is 0 Å². The Kier molecular flexibility index (Phi) is 10.1. The quantitative estimate of drug-likeness (QED) is 0.146. The van der Waals surface area contributed by atoms with E-state index in [2.05, 4.69) is 50.8 Å². The number of hydrogen-bond donors (Lipinski definition) is 3. The summed E-state index contributed by atoms with van der Waals surface area (Å²) in [4.78, 5) is 17.3. The van der Waals surface area contributed by atoms with Crippen LogP contribution in [0.2, 0.25) is 0 Å². The van der Waals surface area contributed by atoms with Gasteiger partial charge in [-0.25, -0.2) is 0 Å². The third kappa shape index (κ3) is 6.40. The molecule has 11 rings (SSSR count). The molecule has 59 heavy (non-hydrogen) atoms. The number of Topliss-reactive ketones (excluding diaryl/α,β-unsaturated/α-hetero) is 1. The van der Waals surface area contributed by atoms with Gasteiger partial charge in [-0.1, -0.05) is 88.4 Å². The molecule has 0 radical (unpaired) electrons. The Hall–Kier alpha value is -2.82. The van der Waals surface area contributed by atoms with E-state index in [1.54, 1.807) is 0 Å². The first kappa shape index (κ1) is 41.5. The van der Waals surface area contributed by atoms with Crippen LogP contribution in [-0.4, -0.2) is 70.1 Å². The number of benzene rings is 2. The molecule has 0 heterocycles. The van der Waals surface area contributed by atoms with Crippen LogP contribution in [0.4, 0.5) is 13.2 Å². The fourth-order valence-electron chi connectivity index (χ4n) is 14.9. The molecule has 2 spiro atoms. The summed E-state index contributed by atoms with van der Waals surface area (Å²) < 4.78 is 48.1. The summed E-state index contributed by atoms with van der Waals surface area (Å²) in [5, 5.41) is 35.9. The molecule has 6 nitrogen and oxygen atoms in total. The Morgan fingerprint density at radius 2 is 1.64 bits per heavy atom. The first-order valence-corrected chi connectivity index (χ1v) is 22.4. The zero-order valence-electron chi connectivity index (χ0n) is 35.3. The lowest BCUT2D eigenvalue weighted by Crippen LogP contribution is -2.67. The second kappa shape index (κ2) is 14.4. The highest BCUT2D eigenvalue weighted by Crippen LogP contribution is 2.78. The molecule has 320 valence electrons. The fourth-order valence-corrected chi connectivity index (χ4v) is 14.9. The Balaban J connectivity index is 1.04. The summed E-state index contributed by atoms with van der Waals surface area (Å²) in [6.07, 6.45) is 8.87. The zero-order valence-corrected chi connectivity index (χ0v) is 35.3. The van der Waals surface area contributed by atoms with Crippen molar-refractivity contribution in [3.05, 3.63) is 95.1 Å². The SMILES string of the molecule is CC1(C)C2CCC(CN(CC(O)COCc3ccccc3)CC3(O)CCC4C56C=CC7(C=C5C(=O)c5cccc(C(F)(F)F)c5)CC(O)CCC7(C)C6CCC43C)C1C2. The molecular weight excluding hydrogens is 752 g/mol. The molecule has 12 atom stereocenters. The van der Waals surface area contributed by atoms with Gasteiger partial charge in [-0.05, 0) is 122 Å². The van der Waals surface area contributed by atoms with E-state index in [1.807, 2.05) is 30.3 Å². The first-order valence-electron chi connectivity index (χ1n) is 22.4. The van der Waals surface area contributed by atoms with E-state index in [0.717, 1.165) is 55.8 Å². The minimum absolute atomic E-state index is 0.0263. The number of halogens is 3. The van der Waals surface area contributed by atoms with Crippen molar-refractivity contribution in [2.24, 2.45) is 56.7 Å². The Morgan fingerprint density at radius 3 is 2.37 bits per heavy atom. The summed E-state index contributed by atoms with van der Waals surface area (Å²) in [6, 6.07) is 14.8. The second-order valence-corrected chi connectivity index (χ2v) is 21.3. The number of fused-ring (bicyclic) bond motifs is 3. The zero-order chi connectivity index (χ0) is 41.8. The average Bonchev–Trinajstić information content (AvgIpc) is 3.47. The maximum absolute atomic E-state index is 15.0. The lowest BCUT2D eigenvalue weighted by atomic mass is 9.32. The third-order valence-corrected chi connectivity index (χ3v) is 18.3. The summed E-state index contributed by atoms with van der Waals surface area (Å²) in [7, 11) is 0. The predicted molar refractivity (Wildman–Crippen MR) is 221 cm³/mol. The number of ether oxygens (including phenoxy) is 1. The highest BCUT2D eigenvalue weighted by Gasteiger charge is 2.74. The van der Waals surface area contributed by atoms with Gasteiger partial charge in [-0.2, -0.15) is 13.2 Å². The molecule has 9 heteroatoms. The molecule has 2 aromatic carbocycles. The third-order valence-electron chi connectivity index (χ3n) is 18.3. The van der Waals surface area contributed by atoms with Crippen molar-refractivity contribution >= 4 is 5.78 Å². The molecule has 6 fully saturated rings. The van der Waals surface area contributed by atoms with Gasteiger partial charge in [0.2, 0.25) is 0 Å². The fraction of sp³-hybridized carbons (Fsp3) is 0.660. The summed E-state index contributed by atoms with van der Waals surface area (Å²) in [5.41, 5.74) is -2.33. The smallest absolute Gasteiger partial charge is 0.393 e. The number of alkyl halides is 3. The number of aliphatic hydroxyl groups is 3. The van der Waals surface area contributed by atoms with E-state index in [1.165, 1.54) is 25.0 Å². The normalized spacial score (nSPS) is 40.8. The Bertz CT molecular complexity index is 2000. The minimum atomic E-state index is -4.59. The molecule has 0 saturated heterocycles. The molecule has 6 saturated carbocycles. The monoisotopic (exact) mass is 815 g/mol. The van der Waals surface area contributed by atoms with Crippen molar-refractivity contribution in [1.82, 2.24) is 4.90 Å². The Labute approximate surface area is 348 Å². The van der Waals surface area contributed by atoms with E-state index < -0.39 is 45.8 Å². The van der Waals surface area contributed by atoms with Gasteiger partial charge in [-0.3, -0.25) is 9.69 Å². The summed E-state index contributed by atoms with van der Waals surface area (Å²) >= 11 is 0. The van der Waals surface area contributed by atoms with Crippen LogP contribution in [0.3, 0.4) is 0 Å². The summed E-state index contributed by atoms with van der Waals surface area (Å²) in [5.74, 6) is 1.33. The van der Waals surface area contributed by atoms with Crippen LogP contribution in [0.25, 0.3) is 0 Å². The van der Waals surface area contributed by atoms with Crippen LogP contribution in [0.5, 0.6) is 0 Å². The van der Waals surface area contributed by atoms with Gasteiger partial charge < -0.3 is 20.1 Å². The molecular formula is C50H64F3NO5. The van der Waals surface area contributed by atoms with Crippen LogP contribution in [0, 0.1) is 56.7 Å². The highest BCUT2D eigenvalue weighted by atomic mass is 19.4. The predicted octanol–water partition coefficient (Wildman–Crippen LogP) is 9.43. The van der Waals surface area contributed by atoms with Gasteiger partial charge in [0, 0.05) is 47.0 Å². The van der Waals surface area contributed by atoms with Gasteiger partial charge in [0.05, 0.1) is 36.6 Å². The van der Waals surface area contributed by atoms with Crippen molar-refractivity contribution in [3.8, 4) is 0 Å². The second-order valence-electron chi connectivity index (χ2n) is 21.3. The molecule has 4 bridgehead atoms. The van der Waals surface area contributed by atoms with E-state index >= 15 is 0 Å². The lowest BCUT2D eigenvalue weighted by molar-refractivity contribution is -0.179. The molecule has 3 N–H and O–H groups in total. The van der Waals surface area contributed by atoms with Crippen molar-refractivity contribution in [2.75, 3.05) is 26.2 Å². The van der Waals surface area contributed by atoms with E-state index in [4.69, 9.17) is 4.74 Å². The van der Waals surface area contributed by atoms with Crippen molar-refractivity contribution in [2.45, 2.75) is 122 Å². The van der Waals surface area contributed by atoms with E-state index in [9.17, 15) is 33.3 Å². The van der Waals surface area contributed by atoms with Crippen LogP contribution >= 0.6 is 0 Å². The number of ketones is 1. The van der Waals surface area contributed by atoms with E-state index in [-0.39, 0.29) is 40.6 Å². The number of rotatable bonds is 12. The largest absolute Gasteiger partial charge is 0.416 e. The first-order chi connectivity index (χ1) is 27.9. The standard InChI is InChI=1S/C50H64F3NO5/c1-44(2)35-14-13-34(39(44)24-35)27-54(28-38(56)30-59-29-32-9-6-5-7-10-32)31-48(58)20-17-42-46(48,4)19-16-41-45(3)18-15-37(55)25-47(45)21-22-49(41,42)40(26-47)43(57)33-11-8-12-36(23-33)50(51,52)53/h5-12,21-23,26,34-35,37-39,41-42,55-56,58H,13-20,24-25,27-31H2,1-4H3. The van der Waals surface area contributed by atoms with Crippen LogP contribution in [-0.2, 0) is 17.5 Å². The molecule has 2 aromatic rings. The van der Waals surface area contributed by atoms with E-state index in [0.29, 0.717) is 62.8 Å². The summed E-state index contributed by atoms with van der Waals surface area (Å²) in [6.45, 7) is 11.5. The molecule has 12 unspecified atom stereocenters. The maximum atomic E-state index is 15.0. The van der Waals surface area contributed by atoms with Gasteiger partial charge in [0.15, 0.2) is 5.78 Å². The van der Waals surface area contributed by atoms with Crippen LogP contribution < -0.4 is 0 Å². The Morgan fingerprint density at radius 1 is 0.915 bits per heavy atom. The number of carbonyl (C=O) groups excluding carboxylic acids is 1. The minimum Gasteiger partial charge on any atom is -0.393 e. The molecule has 0 aromatic heterocycles. The van der Waals surface area contributed by atoms with Gasteiger partial charge in [-0.15, -0.1) is 0 Å². The van der Waals surface area contributed by atoms with Crippen molar-refractivity contribution < 1.29 is 38.0 Å². The number of nitrogens with zero attached hydrogens (tertiary/aromatic N) is 1. The molecule has 9 aliphatic carbocycles. The van der Waals surface area contributed by atoms with Gasteiger partial charge in [0.1, 0.15) is 0 Å². The number of carbonyl (C=O) groups is 1. The highest BCUT2D eigenvalue weighted by molar-refractivity contribution is 6.10. The molecule has 9 aliphatic rings. The van der Waals surface area contributed by atoms with Gasteiger partial charge >= 0.3 is 6.18 Å².